The highest BCUT2D eigenvalue weighted by atomic mass is 16.6. The Balaban J connectivity index is 2.74. The van der Waals surface area contributed by atoms with Crippen molar-refractivity contribution in [3.63, 3.8) is 0 Å². The topological polar surface area (TPSA) is 140 Å². The van der Waals surface area contributed by atoms with Crippen LogP contribution in [0.4, 0.5) is 10.5 Å². The number of hydrogen-bond donors (Lipinski definition) is 3. The van der Waals surface area contributed by atoms with E-state index in [-0.39, 0.29) is 12.0 Å². The van der Waals surface area contributed by atoms with Gasteiger partial charge in [-0.3, -0.25) is 30.6 Å². The Morgan fingerprint density at radius 1 is 1.26 bits per heavy atom. The summed E-state index contributed by atoms with van der Waals surface area (Å²) in [6, 6.07) is 4.23. The Labute approximate surface area is 156 Å². The molecule has 10 heteroatoms. The smallest absolute Gasteiger partial charge is 0.408 e. The summed E-state index contributed by atoms with van der Waals surface area (Å²) in [5.41, 5.74) is 2.83. The van der Waals surface area contributed by atoms with Crippen LogP contribution < -0.4 is 16.2 Å². The van der Waals surface area contributed by atoms with Crippen molar-refractivity contribution in [2.75, 3.05) is 0 Å². The standard InChI is InChI=1S/C17H22N4O6/c1-5-8-12(18-16(24)27-17(2,3)4)15(23)20-19-14(22)11-9-6-7-10-13(11)21(25)26/h5-7,9-10,12H,1,8H2,2-4H3,(H,18,24)(H,19,22)(H,20,23)/t12-/m0/s1. The van der Waals surface area contributed by atoms with E-state index in [1.807, 2.05) is 0 Å². The van der Waals surface area contributed by atoms with Gasteiger partial charge in [-0.1, -0.05) is 18.2 Å². The predicted octanol–water partition coefficient (Wildman–Crippen LogP) is 1.83. The van der Waals surface area contributed by atoms with Gasteiger partial charge in [-0.05, 0) is 33.3 Å². The van der Waals surface area contributed by atoms with Gasteiger partial charge in [-0.2, -0.15) is 0 Å². The van der Waals surface area contributed by atoms with E-state index in [4.69, 9.17) is 4.74 Å². The van der Waals surface area contributed by atoms with Gasteiger partial charge in [0.05, 0.1) is 4.92 Å². The van der Waals surface area contributed by atoms with Crippen molar-refractivity contribution >= 4 is 23.6 Å². The number of para-hydroxylation sites is 1. The number of benzene rings is 1. The minimum absolute atomic E-state index is 0.0758. The molecule has 0 radical (unpaired) electrons. The first kappa shape index (κ1) is 21.6. The van der Waals surface area contributed by atoms with E-state index >= 15 is 0 Å². The van der Waals surface area contributed by atoms with E-state index in [9.17, 15) is 24.5 Å². The van der Waals surface area contributed by atoms with Crippen molar-refractivity contribution in [3.8, 4) is 0 Å². The van der Waals surface area contributed by atoms with Crippen LogP contribution in [-0.4, -0.2) is 34.5 Å². The Morgan fingerprint density at radius 3 is 2.44 bits per heavy atom. The van der Waals surface area contributed by atoms with Gasteiger partial charge in [0.2, 0.25) is 0 Å². The molecule has 0 saturated heterocycles. The molecule has 3 N–H and O–H groups in total. The zero-order chi connectivity index (χ0) is 20.6. The molecule has 1 aromatic carbocycles. The molecule has 0 unspecified atom stereocenters. The summed E-state index contributed by atoms with van der Waals surface area (Å²) in [6.07, 6.45) is 0.673. The number of nitro groups is 1. The second kappa shape index (κ2) is 9.32. The van der Waals surface area contributed by atoms with E-state index in [0.717, 1.165) is 0 Å². The number of hydrazine groups is 1. The predicted molar refractivity (Wildman–Crippen MR) is 96.7 cm³/mol. The van der Waals surface area contributed by atoms with E-state index in [0.29, 0.717) is 0 Å². The third-order valence-corrected chi connectivity index (χ3v) is 3.05. The van der Waals surface area contributed by atoms with Crippen LogP contribution in [0.3, 0.4) is 0 Å². The number of carbonyl (C=O) groups excluding carboxylic acids is 3. The minimum Gasteiger partial charge on any atom is -0.444 e. The molecule has 27 heavy (non-hydrogen) atoms. The van der Waals surface area contributed by atoms with Crippen LogP contribution in [0.15, 0.2) is 36.9 Å². The van der Waals surface area contributed by atoms with Crippen LogP contribution in [0.25, 0.3) is 0 Å². The second-order valence-electron chi connectivity index (χ2n) is 6.44. The van der Waals surface area contributed by atoms with Crippen LogP contribution in [0.1, 0.15) is 37.6 Å². The van der Waals surface area contributed by atoms with Crippen molar-refractivity contribution < 1.29 is 24.0 Å². The van der Waals surface area contributed by atoms with Gasteiger partial charge in [-0.25, -0.2) is 4.79 Å². The molecule has 0 heterocycles. The normalized spacial score (nSPS) is 11.7. The summed E-state index contributed by atoms with van der Waals surface area (Å²) in [7, 11) is 0. The summed E-state index contributed by atoms with van der Waals surface area (Å²) < 4.78 is 5.08. The highest BCUT2D eigenvalue weighted by Crippen LogP contribution is 2.17. The van der Waals surface area contributed by atoms with E-state index in [1.165, 1.54) is 30.3 Å². The number of carbonyl (C=O) groups is 3. The highest BCUT2D eigenvalue weighted by molar-refractivity contribution is 5.99. The molecular formula is C17H22N4O6. The van der Waals surface area contributed by atoms with Crippen LogP contribution in [0, 0.1) is 10.1 Å². The number of nitro benzene ring substituents is 1. The van der Waals surface area contributed by atoms with Crippen LogP contribution in [-0.2, 0) is 9.53 Å². The molecule has 1 aromatic rings. The quantitative estimate of drug-likeness (QED) is 0.392. The van der Waals surface area contributed by atoms with Crippen LogP contribution in [0.2, 0.25) is 0 Å². The fourth-order valence-corrected chi connectivity index (χ4v) is 1.95. The molecule has 0 bridgehead atoms. The molecule has 0 aromatic heterocycles. The van der Waals surface area contributed by atoms with E-state index < -0.39 is 40.2 Å². The van der Waals surface area contributed by atoms with Gasteiger partial charge in [0, 0.05) is 6.07 Å². The highest BCUT2D eigenvalue weighted by Gasteiger charge is 2.25. The molecule has 10 nitrogen and oxygen atoms in total. The maximum Gasteiger partial charge on any atom is 0.408 e. The lowest BCUT2D eigenvalue weighted by atomic mass is 10.1. The average molecular weight is 378 g/mol. The van der Waals surface area contributed by atoms with Crippen LogP contribution in [0.5, 0.6) is 0 Å². The first-order chi connectivity index (χ1) is 12.5. The summed E-state index contributed by atoms with van der Waals surface area (Å²) in [5.74, 6) is -1.61. The number of amides is 3. The lowest BCUT2D eigenvalue weighted by Gasteiger charge is -2.22. The van der Waals surface area contributed by atoms with Gasteiger partial charge in [-0.15, -0.1) is 6.58 Å². The minimum atomic E-state index is -1.05. The maximum atomic E-state index is 12.2. The lowest BCUT2D eigenvalue weighted by molar-refractivity contribution is -0.385. The molecule has 0 aliphatic carbocycles. The van der Waals surface area contributed by atoms with Crippen LogP contribution >= 0.6 is 0 Å². The molecule has 0 fully saturated rings. The molecule has 1 atom stereocenters. The molecule has 3 amide bonds. The fraction of sp³-hybridized carbons (Fsp3) is 0.353. The fourth-order valence-electron chi connectivity index (χ4n) is 1.95. The number of nitrogens with one attached hydrogen (secondary N) is 3. The molecule has 0 spiro atoms. The second-order valence-corrected chi connectivity index (χ2v) is 6.44. The zero-order valence-corrected chi connectivity index (χ0v) is 15.3. The summed E-state index contributed by atoms with van der Waals surface area (Å²) in [4.78, 5) is 46.4. The van der Waals surface area contributed by atoms with E-state index in [1.54, 1.807) is 20.8 Å². The maximum absolute atomic E-state index is 12.2. The van der Waals surface area contributed by atoms with E-state index in [2.05, 4.69) is 22.7 Å². The van der Waals surface area contributed by atoms with Gasteiger partial charge < -0.3 is 10.1 Å². The zero-order valence-electron chi connectivity index (χ0n) is 15.3. The monoisotopic (exact) mass is 378 g/mol. The van der Waals surface area contributed by atoms with Crippen molar-refractivity contribution in [2.24, 2.45) is 0 Å². The van der Waals surface area contributed by atoms with Gasteiger partial charge in [0.25, 0.3) is 17.5 Å². The van der Waals surface area contributed by atoms with Crippen molar-refractivity contribution in [3.05, 3.63) is 52.6 Å². The molecule has 1 rings (SSSR count). The number of alkyl carbamates (subject to hydrolysis) is 1. The Bertz CT molecular complexity index is 741. The Kier molecular flexibility index (Phi) is 7.46. The first-order valence-corrected chi connectivity index (χ1v) is 7.99. The Hall–Kier alpha value is -3.43. The van der Waals surface area contributed by atoms with Gasteiger partial charge in [0.1, 0.15) is 17.2 Å². The third kappa shape index (κ3) is 7.14. The summed E-state index contributed by atoms with van der Waals surface area (Å²) in [6.45, 7) is 8.51. The molecule has 146 valence electrons. The SMILES string of the molecule is C=CC[C@H](NC(=O)OC(C)(C)C)C(=O)NNC(=O)c1ccccc1[N+](=O)[O-]. The first-order valence-electron chi connectivity index (χ1n) is 7.99. The number of ether oxygens (including phenoxy) is 1. The number of rotatable bonds is 6. The van der Waals surface area contributed by atoms with Gasteiger partial charge in [0.15, 0.2) is 0 Å². The number of nitrogens with zero attached hydrogens (tertiary/aromatic N) is 1. The van der Waals surface area contributed by atoms with Gasteiger partial charge >= 0.3 is 6.09 Å². The van der Waals surface area contributed by atoms with Crippen molar-refractivity contribution in [1.29, 1.82) is 0 Å². The largest absolute Gasteiger partial charge is 0.444 e. The van der Waals surface area contributed by atoms with Crippen molar-refractivity contribution in [1.82, 2.24) is 16.2 Å². The molecular weight excluding hydrogens is 356 g/mol. The third-order valence-electron chi connectivity index (χ3n) is 3.05. The molecule has 0 aliphatic heterocycles. The van der Waals surface area contributed by atoms with Crippen molar-refractivity contribution in [2.45, 2.75) is 38.8 Å². The summed E-state index contributed by atoms with van der Waals surface area (Å²) in [5, 5.41) is 13.3. The average Bonchev–Trinajstić information content (AvgIpc) is 2.57. The summed E-state index contributed by atoms with van der Waals surface area (Å²) >= 11 is 0. The molecule has 0 aliphatic rings. The molecule has 0 saturated carbocycles. The Morgan fingerprint density at radius 2 is 1.89 bits per heavy atom. The number of hydrogen-bond acceptors (Lipinski definition) is 6. The lowest BCUT2D eigenvalue weighted by Crippen LogP contribution is -2.52.